The first-order chi connectivity index (χ1) is 6.61. The molecule has 1 aromatic rings. The van der Waals surface area contributed by atoms with Gasteiger partial charge in [-0.2, -0.15) is 5.26 Å². The summed E-state index contributed by atoms with van der Waals surface area (Å²) in [5.74, 6) is 0.134. The minimum absolute atomic E-state index is 0.134. The van der Waals surface area contributed by atoms with Gasteiger partial charge in [0.15, 0.2) is 0 Å². The molecule has 0 unspecified atom stereocenters. The molecule has 0 aliphatic carbocycles. The lowest BCUT2D eigenvalue weighted by molar-refractivity contribution is 0.806. The first kappa shape index (κ1) is 10.9. The molecule has 74 valence electrons. The number of nitriles is 1. The van der Waals surface area contributed by atoms with Gasteiger partial charge < -0.3 is 4.98 Å². The topological polar surface area (TPSA) is 56.6 Å². The third-order valence-corrected chi connectivity index (χ3v) is 2.73. The van der Waals surface area contributed by atoms with E-state index in [1.807, 2.05) is 26.2 Å². The summed E-state index contributed by atoms with van der Waals surface area (Å²) in [6, 6.07) is 1.89. The van der Waals surface area contributed by atoms with E-state index >= 15 is 0 Å². The van der Waals surface area contributed by atoms with Crippen molar-refractivity contribution in [1.29, 1.82) is 5.26 Å². The van der Waals surface area contributed by atoms with E-state index in [1.54, 1.807) is 0 Å². The molecular formula is C10H12N2OS. The van der Waals surface area contributed by atoms with Crippen molar-refractivity contribution in [2.24, 2.45) is 0 Å². The van der Waals surface area contributed by atoms with Crippen LogP contribution in [0.3, 0.4) is 0 Å². The van der Waals surface area contributed by atoms with Gasteiger partial charge in [0.1, 0.15) is 11.6 Å². The number of hydrogen-bond donors (Lipinski definition) is 1. The molecule has 0 fully saturated rings. The van der Waals surface area contributed by atoms with Crippen LogP contribution in [0.2, 0.25) is 0 Å². The second kappa shape index (κ2) is 4.34. The first-order valence-corrected chi connectivity index (χ1v) is 5.54. The Kier molecular flexibility index (Phi) is 3.37. The van der Waals surface area contributed by atoms with E-state index < -0.39 is 0 Å². The number of H-pyrrole nitrogens is 1. The number of nitrogens with zero attached hydrogens (tertiary/aromatic N) is 1. The van der Waals surface area contributed by atoms with Crippen LogP contribution in [-0.4, -0.2) is 11.2 Å². The molecule has 0 atom stereocenters. The second-order valence-corrected chi connectivity index (χ2v) is 4.06. The van der Waals surface area contributed by atoms with Gasteiger partial charge >= 0.3 is 0 Å². The molecule has 1 rings (SSSR count). The number of rotatable bonds is 2. The van der Waals surface area contributed by atoms with E-state index in [1.165, 1.54) is 18.0 Å². The standard InChI is InChI=1S/C10H12N2OS/c1-6(2)8-9(13)7(4-11)5-12-10(8)14-3/h5-6H,1-3H3,(H,12,13). The molecule has 0 amide bonds. The van der Waals surface area contributed by atoms with E-state index in [2.05, 4.69) is 4.98 Å². The highest BCUT2D eigenvalue weighted by Crippen LogP contribution is 2.21. The number of thioether (sulfide) groups is 1. The molecule has 1 aromatic heterocycles. The van der Waals surface area contributed by atoms with Gasteiger partial charge in [-0.25, -0.2) is 0 Å². The summed E-state index contributed by atoms with van der Waals surface area (Å²) in [6.07, 6.45) is 3.38. The zero-order valence-corrected chi connectivity index (χ0v) is 9.23. The highest BCUT2D eigenvalue weighted by atomic mass is 32.2. The van der Waals surface area contributed by atoms with Crippen LogP contribution in [0, 0.1) is 11.3 Å². The number of aromatic amines is 1. The molecule has 1 heterocycles. The maximum atomic E-state index is 11.8. The van der Waals surface area contributed by atoms with Crippen molar-refractivity contribution in [1.82, 2.24) is 4.98 Å². The molecule has 0 saturated heterocycles. The second-order valence-electron chi connectivity index (χ2n) is 3.24. The molecule has 0 bridgehead atoms. The SMILES string of the molecule is CSc1[nH]cc(C#N)c(=O)c1C(C)C. The molecule has 0 aromatic carbocycles. The number of nitrogens with one attached hydrogen (secondary N) is 1. The van der Waals surface area contributed by atoms with E-state index in [-0.39, 0.29) is 16.9 Å². The lowest BCUT2D eigenvalue weighted by atomic mass is 10.0. The van der Waals surface area contributed by atoms with Gasteiger partial charge in [-0.1, -0.05) is 13.8 Å². The van der Waals surface area contributed by atoms with Gasteiger partial charge in [-0.15, -0.1) is 11.8 Å². The predicted molar refractivity (Wildman–Crippen MR) is 57.6 cm³/mol. The van der Waals surface area contributed by atoms with Crippen LogP contribution in [0.15, 0.2) is 16.0 Å². The highest BCUT2D eigenvalue weighted by Gasteiger charge is 2.13. The van der Waals surface area contributed by atoms with Crippen LogP contribution >= 0.6 is 11.8 Å². The van der Waals surface area contributed by atoms with Crippen LogP contribution < -0.4 is 5.43 Å². The Labute approximate surface area is 87.2 Å². The van der Waals surface area contributed by atoms with Crippen molar-refractivity contribution in [3.05, 3.63) is 27.5 Å². The smallest absolute Gasteiger partial charge is 0.203 e. The Hall–Kier alpha value is -1.21. The first-order valence-electron chi connectivity index (χ1n) is 4.31. The highest BCUT2D eigenvalue weighted by molar-refractivity contribution is 7.98. The molecule has 0 aliphatic heterocycles. The van der Waals surface area contributed by atoms with E-state index in [9.17, 15) is 4.79 Å². The Morgan fingerprint density at radius 1 is 1.57 bits per heavy atom. The molecule has 14 heavy (non-hydrogen) atoms. The average Bonchev–Trinajstić information content (AvgIpc) is 2.16. The van der Waals surface area contributed by atoms with Crippen LogP contribution in [0.4, 0.5) is 0 Å². The van der Waals surface area contributed by atoms with Crippen LogP contribution in [0.5, 0.6) is 0 Å². The summed E-state index contributed by atoms with van der Waals surface area (Å²) in [4.78, 5) is 14.7. The third-order valence-electron chi connectivity index (χ3n) is 1.98. The lowest BCUT2D eigenvalue weighted by Gasteiger charge is -2.09. The predicted octanol–water partition coefficient (Wildman–Crippen LogP) is 2.09. The molecule has 0 radical (unpaired) electrons. The lowest BCUT2D eigenvalue weighted by Crippen LogP contribution is -2.16. The molecule has 0 aliphatic rings. The van der Waals surface area contributed by atoms with E-state index in [0.717, 1.165) is 5.03 Å². The monoisotopic (exact) mass is 208 g/mol. The minimum Gasteiger partial charge on any atom is -0.355 e. The fourth-order valence-electron chi connectivity index (χ4n) is 1.31. The van der Waals surface area contributed by atoms with Crippen LogP contribution in [0.1, 0.15) is 30.9 Å². The molecule has 4 heteroatoms. The minimum atomic E-state index is -0.148. The zero-order valence-electron chi connectivity index (χ0n) is 8.42. The van der Waals surface area contributed by atoms with Gasteiger partial charge in [0.2, 0.25) is 5.43 Å². The number of pyridine rings is 1. The fourth-order valence-corrected chi connectivity index (χ4v) is 2.03. The Morgan fingerprint density at radius 3 is 2.64 bits per heavy atom. The van der Waals surface area contributed by atoms with Crippen LogP contribution in [-0.2, 0) is 0 Å². The molecule has 0 saturated carbocycles. The van der Waals surface area contributed by atoms with Crippen molar-refractivity contribution >= 4 is 11.8 Å². The summed E-state index contributed by atoms with van der Waals surface area (Å²) < 4.78 is 0. The summed E-state index contributed by atoms with van der Waals surface area (Å²) in [6.45, 7) is 3.90. The Balaban J connectivity index is 3.49. The van der Waals surface area contributed by atoms with Gasteiger partial charge in [-0.3, -0.25) is 4.79 Å². The largest absolute Gasteiger partial charge is 0.355 e. The quantitative estimate of drug-likeness (QED) is 0.757. The molecule has 0 spiro atoms. The van der Waals surface area contributed by atoms with E-state index in [4.69, 9.17) is 5.26 Å². The molecule has 1 N–H and O–H groups in total. The Bertz CT molecular complexity index is 429. The van der Waals surface area contributed by atoms with E-state index in [0.29, 0.717) is 5.56 Å². The fraction of sp³-hybridized carbons (Fsp3) is 0.400. The van der Waals surface area contributed by atoms with Crippen molar-refractivity contribution < 1.29 is 0 Å². The van der Waals surface area contributed by atoms with Crippen molar-refractivity contribution in [3.63, 3.8) is 0 Å². The molecular weight excluding hydrogens is 196 g/mol. The summed E-state index contributed by atoms with van der Waals surface area (Å²) in [5.41, 5.74) is 0.744. The number of aromatic nitrogens is 1. The van der Waals surface area contributed by atoms with Crippen LogP contribution in [0.25, 0.3) is 0 Å². The normalized spacial score (nSPS) is 10.2. The maximum Gasteiger partial charge on any atom is 0.203 e. The van der Waals surface area contributed by atoms with Crippen molar-refractivity contribution in [2.75, 3.05) is 6.26 Å². The Morgan fingerprint density at radius 2 is 2.21 bits per heavy atom. The van der Waals surface area contributed by atoms with Gasteiger partial charge in [0.25, 0.3) is 0 Å². The molecule has 3 nitrogen and oxygen atoms in total. The average molecular weight is 208 g/mol. The zero-order chi connectivity index (χ0) is 10.7. The summed E-state index contributed by atoms with van der Waals surface area (Å²) in [5, 5.41) is 9.56. The van der Waals surface area contributed by atoms with Gasteiger partial charge in [0, 0.05) is 11.8 Å². The van der Waals surface area contributed by atoms with Gasteiger partial charge in [0.05, 0.1) is 5.03 Å². The maximum absolute atomic E-state index is 11.8. The van der Waals surface area contributed by atoms with Crippen molar-refractivity contribution in [2.45, 2.75) is 24.8 Å². The summed E-state index contributed by atoms with van der Waals surface area (Å²) >= 11 is 1.49. The van der Waals surface area contributed by atoms with Crippen molar-refractivity contribution in [3.8, 4) is 6.07 Å². The number of hydrogen-bond acceptors (Lipinski definition) is 3. The summed E-state index contributed by atoms with van der Waals surface area (Å²) in [7, 11) is 0. The van der Waals surface area contributed by atoms with Gasteiger partial charge in [-0.05, 0) is 12.2 Å². The third kappa shape index (κ3) is 1.83.